The van der Waals surface area contributed by atoms with Gasteiger partial charge in [0.05, 0.1) is 35.5 Å². The Morgan fingerprint density at radius 3 is 2.73 bits per heavy atom. The van der Waals surface area contributed by atoms with Crippen molar-refractivity contribution in [1.29, 1.82) is 0 Å². The molecule has 0 radical (unpaired) electrons. The molecule has 0 atom stereocenters. The van der Waals surface area contributed by atoms with Gasteiger partial charge >= 0.3 is 6.01 Å². The molecule has 5 heterocycles. The van der Waals surface area contributed by atoms with E-state index in [0.717, 1.165) is 41.3 Å². The van der Waals surface area contributed by atoms with Gasteiger partial charge in [-0.1, -0.05) is 25.0 Å². The van der Waals surface area contributed by atoms with Crippen LogP contribution < -0.4 is 10.6 Å². The van der Waals surface area contributed by atoms with Gasteiger partial charge in [0.15, 0.2) is 0 Å². The molecule has 5 rings (SSSR count). The molecule has 3 N–H and O–H groups in total. The van der Waals surface area contributed by atoms with Crippen LogP contribution in [0.25, 0.3) is 17.5 Å². The fraction of sp³-hybridized carbons (Fsp3) is 0.292. The van der Waals surface area contributed by atoms with Crippen LogP contribution in [0, 0.1) is 6.92 Å². The van der Waals surface area contributed by atoms with Crippen LogP contribution in [0.2, 0.25) is 0 Å². The Morgan fingerprint density at radius 1 is 1.12 bits per heavy atom. The summed E-state index contributed by atoms with van der Waals surface area (Å²) in [7, 11) is 0. The molecule has 0 amide bonds. The van der Waals surface area contributed by atoms with Gasteiger partial charge in [-0.15, -0.1) is 5.10 Å². The number of imidazole rings is 1. The number of fused-ring (bicyclic) bond motifs is 1. The van der Waals surface area contributed by atoms with E-state index >= 15 is 0 Å². The molecule has 0 bridgehead atoms. The Morgan fingerprint density at radius 2 is 1.94 bits per heavy atom. The van der Waals surface area contributed by atoms with Crippen molar-refractivity contribution in [3.8, 4) is 11.5 Å². The van der Waals surface area contributed by atoms with Gasteiger partial charge in [-0.25, -0.2) is 4.98 Å². The SMILES string of the molecule is CC(C)c1cccnc1/C=C\N.Cc1ncccc1-c1nnc(N2CCc3nc[nH]c3C2)o1. The number of rotatable bonds is 4. The molecule has 1 aliphatic heterocycles. The summed E-state index contributed by atoms with van der Waals surface area (Å²) < 4.78 is 5.81. The van der Waals surface area contributed by atoms with Gasteiger partial charge in [-0.3, -0.25) is 9.97 Å². The summed E-state index contributed by atoms with van der Waals surface area (Å²) in [5.74, 6) is 0.996. The first-order valence-electron chi connectivity index (χ1n) is 10.9. The van der Waals surface area contributed by atoms with E-state index in [2.05, 4.69) is 54.9 Å². The van der Waals surface area contributed by atoms with Crippen LogP contribution in [-0.2, 0) is 13.0 Å². The van der Waals surface area contributed by atoms with E-state index in [1.807, 2.05) is 31.2 Å². The maximum Gasteiger partial charge on any atom is 0.318 e. The third-order valence-electron chi connectivity index (χ3n) is 5.44. The summed E-state index contributed by atoms with van der Waals surface area (Å²) in [6.45, 7) is 7.75. The fourth-order valence-corrected chi connectivity index (χ4v) is 3.69. The zero-order valence-corrected chi connectivity index (χ0v) is 19.1. The standard InChI is InChI=1S/C14H14N6O.C10H14N2/c1-9-10(3-2-5-15-9)13-18-19-14(21-13)20-6-4-11-12(7-20)17-8-16-11;1-8(2)9-4-3-7-12-10(9)5-6-11/h2-3,5,8H,4,6-7H2,1H3,(H,16,17);3-8H,11H2,1-2H3/b;6-5-. The third-order valence-corrected chi connectivity index (χ3v) is 5.44. The minimum atomic E-state index is 0.491. The number of aryl methyl sites for hydroxylation is 1. The zero-order valence-electron chi connectivity index (χ0n) is 19.1. The van der Waals surface area contributed by atoms with E-state index in [1.54, 1.807) is 18.7 Å². The van der Waals surface area contributed by atoms with Crippen LogP contribution in [0.15, 0.2) is 53.6 Å². The van der Waals surface area contributed by atoms with Gasteiger partial charge < -0.3 is 20.0 Å². The van der Waals surface area contributed by atoms with E-state index in [-0.39, 0.29) is 0 Å². The van der Waals surface area contributed by atoms with Crippen LogP contribution in [0.1, 0.15) is 48.1 Å². The minimum absolute atomic E-state index is 0.491. The van der Waals surface area contributed by atoms with Crippen molar-refractivity contribution in [2.45, 2.75) is 39.7 Å². The summed E-state index contributed by atoms with van der Waals surface area (Å²) in [5, 5.41) is 8.30. The lowest BCUT2D eigenvalue weighted by atomic mass is 10.0. The zero-order chi connectivity index (χ0) is 23.2. The summed E-state index contributed by atoms with van der Waals surface area (Å²) in [6, 6.07) is 8.36. The number of nitrogens with two attached hydrogens (primary N) is 1. The largest absolute Gasteiger partial charge is 0.405 e. The summed E-state index contributed by atoms with van der Waals surface area (Å²) in [5.41, 5.74) is 11.5. The molecule has 0 spiro atoms. The van der Waals surface area contributed by atoms with Crippen molar-refractivity contribution in [3.05, 3.63) is 77.5 Å². The quantitative estimate of drug-likeness (QED) is 0.486. The van der Waals surface area contributed by atoms with Gasteiger partial charge in [0.25, 0.3) is 5.89 Å². The summed E-state index contributed by atoms with van der Waals surface area (Å²) in [6.07, 6.45) is 9.49. The number of pyridine rings is 2. The minimum Gasteiger partial charge on any atom is -0.405 e. The predicted octanol–water partition coefficient (Wildman–Crippen LogP) is 3.86. The number of nitrogens with zero attached hydrogens (tertiary/aromatic N) is 6. The monoisotopic (exact) mass is 444 g/mol. The van der Waals surface area contributed by atoms with Crippen LogP contribution in [0.5, 0.6) is 0 Å². The Bertz CT molecular complexity index is 1230. The Hall–Kier alpha value is -4.01. The molecular weight excluding hydrogens is 416 g/mol. The number of aromatic amines is 1. The summed E-state index contributed by atoms with van der Waals surface area (Å²) >= 11 is 0. The van der Waals surface area contributed by atoms with Crippen molar-refractivity contribution in [2.75, 3.05) is 11.4 Å². The van der Waals surface area contributed by atoms with Crippen molar-refractivity contribution in [2.24, 2.45) is 5.73 Å². The molecule has 4 aromatic heterocycles. The molecule has 4 aromatic rings. The third kappa shape index (κ3) is 5.08. The summed E-state index contributed by atoms with van der Waals surface area (Å²) in [4.78, 5) is 18.0. The second-order valence-corrected chi connectivity index (χ2v) is 8.02. The van der Waals surface area contributed by atoms with E-state index in [0.29, 0.717) is 24.4 Å². The van der Waals surface area contributed by atoms with Crippen molar-refractivity contribution >= 4 is 12.1 Å². The van der Waals surface area contributed by atoms with Crippen molar-refractivity contribution < 1.29 is 4.42 Å². The number of hydrogen-bond acceptors (Lipinski definition) is 8. The number of aromatic nitrogens is 6. The number of H-pyrrole nitrogens is 1. The predicted molar refractivity (Wildman–Crippen MR) is 127 cm³/mol. The van der Waals surface area contributed by atoms with Gasteiger partial charge in [0.2, 0.25) is 0 Å². The maximum absolute atomic E-state index is 5.81. The highest BCUT2D eigenvalue weighted by Gasteiger charge is 2.23. The van der Waals surface area contributed by atoms with E-state index in [9.17, 15) is 0 Å². The first-order chi connectivity index (χ1) is 16.1. The molecule has 0 aromatic carbocycles. The lowest BCUT2D eigenvalue weighted by Gasteiger charge is -2.23. The topological polar surface area (TPSA) is 123 Å². The molecular formula is C24H28N8O. The first-order valence-corrected chi connectivity index (χ1v) is 10.9. The normalized spacial score (nSPS) is 13.2. The fourth-order valence-electron chi connectivity index (χ4n) is 3.69. The van der Waals surface area contributed by atoms with Gasteiger partial charge in [-0.2, -0.15) is 0 Å². The number of nitrogens with one attached hydrogen (secondary N) is 1. The van der Waals surface area contributed by atoms with E-state index < -0.39 is 0 Å². The lowest BCUT2D eigenvalue weighted by Crippen LogP contribution is -2.30. The highest BCUT2D eigenvalue weighted by Crippen LogP contribution is 2.26. The van der Waals surface area contributed by atoms with Crippen molar-refractivity contribution in [3.63, 3.8) is 0 Å². The molecule has 0 fully saturated rings. The molecule has 0 unspecified atom stereocenters. The Labute approximate surface area is 192 Å². The van der Waals surface area contributed by atoms with Crippen molar-refractivity contribution in [1.82, 2.24) is 30.1 Å². The average Bonchev–Trinajstić information content (AvgIpc) is 3.50. The molecule has 9 heteroatoms. The van der Waals surface area contributed by atoms with Crippen LogP contribution >= 0.6 is 0 Å². The van der Waals surface area contributed by atoms with Gasteiger partial charge in [0, 0.05) is 31.1 Å². The van der Waals surface area contributed by atoms with Crippen LogP contribution in [0.3, 0.4) is 0 Å². The second kappa shape index (κ2) is 10.1. The lowest BCUT2D eigenvalue weighted by molar-refractivity contribution is 0.530. The molecule has 0 saturated heterocycles. The van der Waals surface area contributed by atoms with Crippen LogP contribution in [-0.4, -0.2) is 36.7 Å². The molecule has 1 aliphatic rings. The Kier molecular flexibility index (Phi) is 6.77. The smallest absolute Gasteiger partial charge is 0.318 e. The molecule has 9 nitrogen and oxygen atoms in total. The Balaban J connectivity index is 0.000000185. The molecule has 170 valence electrons. The van der Waals surface area contributed by atoms with E-state index in [1.165, 1.54) is 11.8 Å². The molecule has 0 aliphatic carbocycles. The van der Waals surface area contributed by atoms with E-state index in [4.69, 9.17) is 10.2 Å². The number of hydrogen-bond donors (Lipinski definition) is 2. The first kappa shape index (κ1) is 22.2. The van der Waals surface area contributed by atoms with Gasteiger partial charge in [0.1, 0.15) is 0 Å². The number of anilines is 1. The second-order valence-electron chi connectivity index (χ2n) is 8.02. The van der Waals surface area contributed by atoms with Crippen LogP contribution in [0.4, 0.5) is 6.01 Å². The highest BCUT2D eigenvalue weighted by atomic mass is 16.4. The molecule has 0 saturated carbocycles. The van der Waals surface area contributed by atoms with Gasteiger partial charge in [-0.05, 0) is 48.9 Å². The molecule has 33 heavy (non-hydrogen) atoms. The highest BCUT2D eigenvalue weighted by molar-refractivity contribution is 5.56. The average molecular weight is 445 g/mol. The maximum atomic E-state index is 5.81.